The Morgan fingerprint density at radius 1 is 1.08 bits per heavy atom. The van der Waals surface area contributed by atoms with Gasteiger partial charge in [0.25, 0.3) is 0 Å². The van der Waals surface area contributed by atoms with Crippen LogP contribution in [0.25, 0.3) is 10.8 Å². The number of anilines is 2. The predicted molar refractivity (Wildman–Crippen MR) is 102 cm³/mol. The van der Waals surface area contributed by atoms with Gasteiger partial charge in [0.2, 0.25) is 11.8 Å². The molecule has 2 aromatic carbocycles. The summed E-state index contributed by atoms with van der Waals surface area (Å²) in [4.78, 5) is 31.2. The maximum atomic E-state index is 12.6. The van der Waals surface area contributed by atoms with E-state index < -0.39 is 0 Å². The number of carbonyl (C=O) groups excluding carboxylic acids is 2. The van der Waals surface area contributed by atoms with Crippen molar-refractivity contribution in [3.05, 3.63) is 66.4 Å². The summed E-state index contributed by atoms with van der Waals surface area (Å²) in [6.07, 6.45) is 0.209. The van der Waals surface area contributed by atoms with Crippen molar-refractivity contribution < 1.29 is 9.59 Å². The standard InChI is InChI=1S/C21H19N3O2/c1-14-6-4-11-19(22-14)23-21(26)16-12-20(25)24(13-16)18-10-5-8-15-7-2-3-9-17(15)18/h2-11,16H,12-13H2,1H3,(H,22,23,26). The van der Waals surface area contributed by atoms with Gasteiger partial charge >= 0.3 is 0 Å². The fraction of sp³-hybridized carbons (Fsp3) is 0.190. The van der Waals surface area contributed by atoms with E-state index in [1.54, 1.807) is 11.0 Å². The fourth-order valence-electron chi connectivity index (χ4n) is 3.40. The third-order valence-corrected chi connectivity index (χ3v) is 4.69. The Labute approximate surface area is 151 Å². The number of aryl methyl sites for hydroxylation is 1. The molecule has 1 saturated heterocycles. The normalized spacial score (nSPS) is 16.9. The first-order valence-corrected chi connectivity index (χ1v) is 8.64. The van der Waals surface area contributed by atoms with Crippen molar-refractivity contribution in [2.24, 2.45) is 5.92 Å². The molecular weight excluding hydrogens is 326 g/mol. The smallest absolute Gasteiger partial charge is 0.230 e. The summed E-state index contributed by atoms with van der Waals surface area (Å²) < 4.78 is 0. The lowest BCUT2D eigenvalue weighted by Gasteiger charge is -2.19. The lowest BCUT2D eigenvalue weighted by Crippen LogP contribution is -2.28. The Bertz CT molecular complexity index is 994. The highest BCUT2D eigenvalue weighted by atomic mass is 16.2. The molecule has 5 nitrogen and oxygen atoms in total. The molecule has 0 aliphatic carbocycles. The van der Waals surface area contributed by atoms with Crippen LogP contribution in [0.4, 0.5) is 11.5 Å². The second-order valence-corrected chi connectivity index (χ2v) is 6.56. The van der Waals surface area contributed by atoms with Crippen LogP contribution in [0.2, 0.25) is 0 Å². The van der Waals surface area contributed by atoms with E-state index in [1.807, 2.05) is 61.5 Å². The van der Waals surface area contributed by atoms with Crippen molar-refractivity contribution in [3.63, 3.8) is 0 Å². The maximum Gasteiger partial charge on any atom is 0.230 e. The summed E-state index contributed by atoms with van der Waals surface area (Å²) in [7, 11) is 0. The van der Waals surface area contributed by atoms with Gasteiger partial charge in [-0.25, -0.2) is 4.98 Å². The number of aromatic nitrogens is 1. The molecule has 1 aliphatic heterocycles. The molecular formula is C21H19N3O2. The third kappa shape index (κ3) is 3.04. The largest absolute Gasteiger partial charge is 0.311 e. The molecule has 2 amide bonds. The zero-order chi connectivity index (χ0) is 18.1. The molecule has 1 unspecified atom stereocenters. The van der Waals surface area contributed by atoms with Gasteiger partial charge in [-0.2, -0.15) is 0 Å². The molecule has 1 atom stereocenters. The molecule has 1 N–H and O–H groups in total. The van der Waals surface area contributed by atoms with E-state index in [1.165, 1.54) is 0 Å². The van der Waals surface area contributed by atoms with Crippen LogP contribution >= 0.6 is 0 Å². The van der Waals surface area contributed by atoms with Crippen LogP contribution in [0.1, 0.15) is 12.1 Å². The van der Waals surface area contributed by atoms with Gasteiger partial charge < -0.3 is 10.2 Å². The minimum atomic E-state index is -0.385. The van der Waals surface area contributed by atoms with Crippen LogP contribution in [-0.4, -0.2) is 23.3 Å². The molecule has 3 aromatic rings. The van der Waals surface area contributed by atoms with E-state index in [4.69, 9.17) is 0 Å². The number of hydrogen-bond donors (Lipinski definition) is 1. The van der Waals surface area contributed by atoms with Gasteiger partial charge in [0.05, 0.1) is 11.6 Å². The van der Waals surface area contributed by atoms with Crippen LogP contribution < -0.4 is 10.2 Å². The van der Waals surface area contributed by atoms with Crippen LogP contribution in [-0.2, 0) is 9.59 Å². The molecule has 26 heavy (non-hydrogen) atoms. The van der Waals surface area contributed by atoms with Crippen LogP contribution in [0.5, 0.6) is 0 Å². The Morgan fingerprint density at radius 3 is 2.69 bits per heavy atom. The molecule has 2 heterocycles. The van der Waals surface area contributed by atoms with Crippen molar-refractivity contribution in [3.8, 4) is 0 Å². The number of benzene rings is 2. The molecule has 1 aromatic heterocycles. The SMILES string of the molecule is Cc1cccc(NC(=O)C2CC(=O)N(c3cccc4ccccc34)C2)n1. The van der Waals surface area contributed by atoms with E-state index in [9.17, 15) is 9.59 Å². The van der Waals surface area contributed by atoms with Crippen molar-refractivity contribution in [1.29, 1.82) is 0 Å². The fourth-order valence-corrected chi connectivity index (χ4v) is 3.40. The van der Waals surface area contributed by atoms with Crippen LogP contribution in [0.3, 0.4) is 0 Å². The number of nitrogens with one attached hydrogen (secondary N) is 1. The number of fused-ring (bicyclic) bond motifs is 1. The predicted octanol–water partition coefficient (Wildman–Crippen LogP) is 3.53. The number of pyridine rings is 1. The van der Waals surface area contributed by atoms with E-state index in [2.05, 4.69) is 10.3 Å². The molecule has 4 rings (SSSR count). The summed E-state index contributed by atoms with van der Waals surface area (Å²) in [6, 6.07) is 19.3. The molecule has 130 valence electrons. The Morgan fingerprint density at radius 2 is 1.85 bits per heavy atom. The molecule has 5 heteroatoms. The van der Waals surface area contributed by atoms with E-state index in [0.29, 0.717) is 12.4 Å². The molecule has 0 bridgehead atoms. The monoisotopic (exact) mass is 345 g/mol. The topological polar surface area (TPSA) is 62.3 Å². The third-order valence-electron chi connectivity index (χ3n) is 4.69. The maximum absolute atomic E-state index is 12.6. The van der Waals surface area contributed by atoms with Gasteiger partial charge in [-0.05, 0) is 30.5 Å². The molecule has 1 fully saturated rings. The van der Waals surface area contributed by atoms with E-state index in [-0.39, 0.29) is 24.2 Å². The Hall–Kier alpha value is -3.21. The average Bonchev–Trinajstić information content (AvgIpc) is 3.03. The van der Waals surface area contributed by atoms with Crippen LogP contribution in [0.15, 0.2) is 60.7 Å². The number of amides is 2. The van der Waals surface area contributed by atoms with Crippen molar-refractivity contribution in [2.45, 2.75) is 13.3 Å². The number of hydrogen-bond acceptors (Lipinski definition) is 3. The highest BCUT2D eigenvalue weighted by molar-refractivity contribution is 6.08. The van der Waals surface area contributed by atoms with Crippen molar-refractivity contribution in [1.82, 2.24) is 4.98 Å². The number of rotatable bonds is 3. The Kier molecular flexibility index (Phi) is 4.13. The van der Waals surface area contributed by atoms with E-state index in [0.717, 1.165) is 22.2 Å². The summed E-state index contributed by atoms with van der Waals surface area (Å²) in [5.74, 6) is -0.0623. The lowest BCUT2D eigenvalue weighted by molar-refractivity contribution is -0.122. The number of carbonyl (C=O) groups is 2. The first-order valence-electron chi connectivity index (χ1n) is 8.64. The zero-order valence-electron chi connectivity index (χ0n) is 14.5. The quantitative estimate of drug-likeness (QED) is 0.790. The van der Waals surface area contributed by atoms with Gasteiger partial charge in [-0.1, -0.05) is 42.5 Å². The van der Waals surface area contributed by atoms with Gasteiger partial charge in [0, 0.05) is 24.0 Å². The van der Waals surface area contributed by atoms with Crippen LogP contribution in [0, 0.1) is 12.8 Å². The van der Waals surface area contributed by atoms with Gasteiger partial charge in [-0.3, -0.25) is 9.59 Å². The van der Waals surface area contributed by atoms with E-state index >= 15 is 0 Å². The average molecular weight is 345 g/mol. The molecule has 0 saturated carbocycles. The molecule has 0 spiro atoms. The minimum absolute atomic E-state index is 0.0290. The lowest BCUT2D eigenvalue weighted by atomic mass is 10.1. The highest BCUT2D eigenvalue weighted by Gasteiger charge is 2.35. The zero-order valence-corrected chi connectivity index (χ0v) is 14.5. The molecule has 0 radical (unpaired) electrons. The first kappa shape index (κ1) is 16.3. The van der Waals surface area contributed by atoms with Crippen molar-refractivity contribution in [2.75, 3.05) is 16.8 Å². The van der Waals surface area contributed by atoms with Crippen molar-refractivity contribution >= 4 is 34.1 Å². The summed E-state index contributed by atoms with van der Waals surface area (Å²) in [6.45, 7) is 2.25. The van der Waals surface area contributed by atoms with Gasteiger partial charge in [-0.15, -0.1) is 0 Å². The summed E-state index contributed by atoms with van der Waals surface area (Å²) in [5, 5.41) is 4.92. The highest BCUT2D eigenvalue weighted by Crippen LogP contribution is 2.32. The summed E-state index contributed by atoms with van der Waals surface area (Å²) >= 11 is 0. The number of nitrogens with zero attached hydrogens (tertiary/aromatic N) is 2. The van der Waals surface area contributed by atoms with Gasteiger partial charge in [0.15, 0.2) is 0 Å². The first-order chi connectivity index (χ1) is 12.6. The van der Waals surface area contributed by atoms with Gasteiger partial charge in [0.1, 0.15) is 5.82 Å². The second-order valence-electron chi connectivity index (χ2n) is 6.56. The second kappa shape index (κ2) is 6.59. The summed E-state index contributed by atoms with van der Waals surface area (Å²) in [5.41, 5.74) is 1.69. The Balaban J connectivity index is 1.56. The molecule has 1 aliphatic rings. The minimum Gasteiger partial charge on any atom is -0.311 e.